The Kier molecular flexibility index (Phi) is 5.11. The molecule has 0 spiro atoms. The number of allylic oxidation sites excluding steroid dienone is 1. The zero-order chi connectivity index (χ0) is 18.8. The molecule has 27 heavy (non-hydrogen) atoms. The standard InChI is InChI=1S/C18H13ClN4O2S2/c1-2-8-23-17(24)15-13(7-9-26-15)20-18(23)27-10-14-21-16(22-25-14)11-5-3-4-6-12(11)19/h2-7,9H,1,8,10H2. The number of nitrogens with zero attached hydrogens (tertiary/aromatic N) is 4. The van der Waals surface area contributed by atoms with Gasteiger partial charge in [-0.15, -0.1) is 17.9 Å². The maximum absolute atomic E-state index is 12.6. The highest BCUT2D eigenvalue weighted by atomic mass is 35.5. The van der Waals surface area contributed by atoms with Crippen molar-refractivity contribution in [1.29, 1.82) is 0 Å². The van der Waals surface area contributed by atoms with E-state index >= 15 is 0 Å². The molecule has 0 N–H and O–H groups in total. The van der Waals surface area contributed by atoms with Crippen LogP contribution in [0.25, 0.3) is 21.6 Å². The highest BCUT2D eigenvalue weighted by molar-refractivity contribution is 7.98. The maximum atomic E-state index is 12.6. The average Bonchev–Trinajstić information content (AvgIpc) is 3.32. The van der Waals surface area contributed by atoms with Gasteiger partial charge in [0.1, 0.15) is 4.70 Å². The third-order valence-corrected chi connectivity index (χ3v) is 5.93. The van der Waals surface area contributed by atoms with Gasteiger partial charge in [-0.3, -0.25) is 9.36 Å². The Morgan fingerprint density at radius 1 is 1.30 bits per heavy atom. The van der Waals surface area contributed by atoms with Crippen LogP contribution in [0, 0.1) is 0 Å². The SMILES string of the molecule is C=CCn1c(SCc2nc(-c3ccccc3Cl)no2)nc2ccsc2c1=O. The van der Waals surface area contributed by atoms with Gasteiger partial charge in [0.25, 0.3) is 5.56 Å². The minimum Gasteiger partial charge on any atom is -0.338 e. The summed E-state index contributed by atoms with van der Waals surface area (Å²) in [7, 11) is 0. The van der Waals surface area contributed by atoms with Crippen molar-refractivity contribution in [2.75, 3.05) is 0 Å². The van der Waals surface area contributed by atoms with Crippen LogP contribution in [0.3, 0.4) is 0 Å². The van der Waals surface area contributed by atoms with Gasteiger partial charge in [0.2, 0.25) is 11.7 Å². The second-order valence-electron chi connectivity index (χ2n) is 5.51. The van der Waals surface area contributed by atoms with E-state index in [-0.39, 0.29) is 5.56 Å². The van der Waals surface area contributed by atoms with Crippen LogP contribution in [0.2, 0.25) is 5.02 Å². The molecule has 0 fully saturated rings. The van der Waals surface area contributed by atoms with Gasteiger partial charge in [0.15, 0.2) is 5.16 Å². The molecule has 0 amide bonds. The molecule has 0 aliphatic carbocycles. The van der Waals surface area contributed by atoms with Gasteiger partial charge in [-0.25, -0.2) is 4.98 Å². The molecule has 0 saturated heterocycles. The van der Waals surface area contributed by atoms with Gasteiger partial charge >= 0.3 is 0 Å². The summed E-state index contributed by atoms with van der Waals surface area (Å²) in [5, 5.41) is 6.99. The van der Waals surface area contributed by atoms with Gasteiger partial charge in [0.05, 0.1) is 16.3 Å². The van der Waals surface area contributed by atoms with Crippen LogP contribution in [0.5, 0.6) is 0 Å². The quantitative estimate of drug-likeness (QED) is 0.259. The number of thiophene rings is 1. The lowest BCUT2D eigenvalue weighted by Crippen LogP contribution is -2.21. The van der Waals surface area contributed by atoms with Crippen molar-refractivity contribution in [3.63, 3.8) is 0 Å². The first-order valence-electron chi connectivity index (χ1n) is 7.96. The Balaban J connectivity index is 1.61. The predicted octanol–water partition coefficient (Wildman–Crippen LogP) is 4.64. The van der Waals surface area contributed by atoms with E-state index in [0.29, 0.717) is 50.0 Å². The second-order valence-corrected chi connectivity index (χ2v) is 7.78. The van der Waals surface area contributed by atoms with E-state index in [9.17, 15) is 4.79 Å². The number of fused-ring (bicyclic) bond motifs is 1. The molecule has 6 nitrogen and oxygen atoms in total. The lowest BCUT2D eigenvalue weighted by Gasteiger charge is -2.08. The van der Waals surface area contributed by atoms with E-state index < -0.39 is 0 Å². The molecule has 4 aromatic rings. The molecule has 0 aliphatic rings. The first-order valence-corrected chi connectivity index (χ1v) is 10.2. The number of rotatable bonds is 6. The van der Waals surface area contributed by atoms with E-state index in [4.69, 9.17) is 16.1 Å². The molecule has 0 radical (unpaired) electrons. The lowest BCUT2D eigenvalue weighted by atomic mass is 10.2. The van der Waals surface area contributed by atoms with Crippen molar-refractivity contribution in [1.82, 2.24) is 19.7 Å². The zero-order valence-corrected chi connectivity index (χ0v) is 16.4. The van der Waals surface area contributed by atoms with Gasteiger partial charge in [-0.2, -0.15) is 4.98 Å². The summed E-state index contributed by atoms with van der Waals surface area (Å²) >= 11 is 8.93. The molecule has 0 atom stereocenters. The third kappa shape index (κ3) is 3.55. The van der Waals surface area contributed by atoms with E-state index in [1.54, 1.807) is 16.7 Å². The Labute approximate surface area is 167 Å². The normalized spacial score (nSPS) is 11.1. The maximum Gasteiger partial charge on any atom is 0.272 e. The molecule has 1 aromatic carbocycles. The Bertz CT molecular complexity index is 1180. The lowest BCUT2D eigenvalue weighted by molar-refractivity contribution is 0.391. The molecule has 0 aliphatic heterocycles. The van der Waals surface area contributed by atoms with Crippen molar-refractivity contribution >= 4 is 44.9 Å². The molecule has 3 aromatic heterocycles. The highest BCUT2D eigenvalue weighted by Gasteiger charge is 2.15. The van der Waals surface area contributed by atoms with Crippen molar-refractivity contribution < 1.29 is 4.52 Å². The summed E-state index contributed by atoms with van der Waals surface area (Å²) < 4.78 is 7.56. The monoisotopic (exact) mass is 416 g/mol. The third-order valence-electron chi connectivity index (χ3n) is 3.75. The van der Waals surface area contributed by atoms with E-state index in [0.717, 1.165) is 0 Å². The molecule has 136 valence electrons. The highest BCUT2D eigenvalue weighted by Crippen LogP contribution is 2.27. The van der Waals surface area contributed by atoms with Crippen LogP contribution in [0.15, 0.2) is 62.8 Å². The van der Waals surface area contributed by atoms with Crippen LogP contribution >= 0.6 is 34.7 Å². The molecule has 0 saturated carbocycles. The smallest absolute Gasteiger partial charge is 0.272 e. The fraction of sp³-hybridized carbons (Fsp3) is 0.111. The van der Waals surface area contributed by atoms with Gasteiger partial charge < -0.3 is 4.52 Å². The summed E-state index contributed by atoms with van der Waals surface area (Å²) in [4.78, 5) is 21.6. The van der Waals surface area contributed by atoms with E-state index in [2.05, 4.69) is 21.7 Å². The number of aromatic nitrogens is 4. The fourth-order valence-electron chi connectivity index (χ4n) is 2.52. The molecular formula is C18H13ClN4O2S2. The number of thioether (sulfide) groups is 1. The first kappa shape index (κ1) is 18.0. The van der Waals surface area contributed by atoms with Crippen LogP contribution in [-0.4, -0.2) is 19.7 Å². The number of hydrogen-bond donors (Lipinski definition) is 0. The van der Waals surface area contributed by atoms with Crippen molar-refractivity contribution in [3.05, 3.63) is 69.6 Å². The Morgan fingerprint density at radius 3 is 2.96 bits per heavy atom. The second kappa shape index (κ2) is 7.67. The molecule has 9 heteroatoms. The molecule has 0 bridgehead atoms. The molecular weight excluding hydrogens is 404 g/mol. The molecule has 4 rings (SSSR count). The Hall–Kier alpha value is -2.42. The van der Waals surface area contributed by atoms with Crippen LogP contribution in [0.4, 0.5) is 0 Å². The van der Waals surface area contributed by atoms with Gasteiger partial charge in [0, 0.05) is 12.1 Å². The topological polar surface area (TPSA) is 73.8 Å². The predicted molar refractivity (Wildman–Crippen MR) is 108 cm³/mol. The van der Waals surface area contributed by atoms with Crippen molar-refractivity contribution in [3.8, 4) is 11.4 Å². The Morgan fingerprint density at radius 2 is 2.15 bits per heavy atom. The number of benzene rings is 1. The minimum absolute atomic E-state index is 0.0697. The summed E-state index contributed by atoms with van der Waals surface area (Å²) in [5.74, 6) is 1.25. The van der Waals surface area contributed by atoms with Crippen LogP contribution < -0.4 is 5.56 Å². The molecule has 3 heterocycles. The summed E-state index contributed by atoms with van der Waals surface area (Å²) in [6.45, 7) is 4.11. The number of halogens is 1. The largest absolute Gasteiger partial charge is 0.338 e. The zero-order valence-electron chi connectivity index (χ0n) is 14.0. The van der Waals surface area contributed by atoms with Crippen LogP contribution in [0.1, 0.15) is 5.89 Å². The van der Waals surface area contributed by atoms with Gasteiger partial charge in [-0.1, -0.05) is 46.7 Å². The first-order chi connectivity index (χ1) is 13.2. The van der Waals surface area contributed by atoms with Crippen LogP contribution in [-0.2, 0) is 12.3 Å². The minimum atomic E-state index is -0.0697. The van der Waals surface area contributed by atoms with Gasteiger partial charge in [-0.05, 0) is 23.6 Å². The summed E-state index contributed by atoms with van der Waals surface area (Å²) in [6, 6.07) is 9.15. The van der Waals surface area contributed by atoms with Crippen molar-refractivity contribution in [2.45, 2.75) is 17.5 Å². The fourth-order valence-corrected chi connectivity index (χ4v) is 4.36. The number of hydrogen-bond acceptors (Lipinski definition) is 7. The van der Waals surface area contributed by atoms with Crippen molar-refractivity contribution in [2.24, 2.45) is 0 Å². The summed E-state index contributed by atoms with van der Waals surface area (Å²) in [5.41, 5.74) is 1.33. The van der Waals surface area contributed by atoms with E-state index in [1.807, 2.05) is 29.6 Å². The molecule has 0 unspecified atom stereocenters. The summed E-state index contributed by atoms with van der Waals surface area (Å²) in [6.07, 6.45) is 1.68. The average molecular weight is 417 g/mol. The van der Waals surface area contributed by atoms with E-state index in [1.165, 1.54) is 23.1 Å².